The summed E-state index contributed by atoms with van der Waals surface area (Å²) in [6.45, 7) is 0. The Morgan fingerprint density at radius 1 is 0.957 bits per heavy atom. The first kappa shape index (κ1) is 14.7. The molecule has 2 aromatic carbocycles. The number of para-hydroxylation sites is 1. The Kier molecular flexibility index (Phi) is 4.02. The zero-order valence-corrected chi connectivity index (χ0v) is 14.8. The maximum absolute atomic E-state index is 4.94. The van der Waals surface area contributed by atoms with E-state index in [-0.39, 0.29) is 6.04 Å². The number of nitrogens with zero attached hydrogens (tertiary/aromatic N) is 2. The molecule has 114 valence electrons. The van der Waals surface area contributed by atoms with Crippen LogP contribution in [0.25, 0.3) is 0 Å². The summed E-state index contributed by atoms with van der Waals surface area (Å²) in [6.07, 6.45) is 0.928. The Hall–Kier alpha value is -1.91. The highest BCUT2D eigenvalue weighted by molar-refractivity contribution is 9.10. The van der Waals surface area contributed by atoms with Crippen LogP contribution in [-0.2, 0) is 0 Å². The van der Waals surface area contributed by atoms with Gasteiger partial charge in [0.1, 0.15) is 0 Å². The van der Waals surface area contributed by atoms with Gasteiger partial charge in [-0.25, -0.2) is 0 Å². The van der Waals surface area contributed by atoms with Gasteiger partial charge in [0.15, 0.2) is 0 Å². The first-order chi connectivity index (χ1) is 11.3. The van der Waals surface area contributed by atoms with E-state index in [0.717, 1.165) is 22.3 Å². The lowest BCUT2D eigenvalue weighted by molar-refractivity contribution is 0.722. The van der Waals surface area contributed by atoms with Crippen LogP contribution in [0.2, 0.25) is 0 Å². The Labute approximate surface area is 148 Å². The van der Waals surface area contributed by atoms with Crippen LogP contribution in [0, 0.1) is 0 Å². The van der Waals surface area contributed by atoms with Gasteiger partial charge >= 0.3 is 0 Å². The normalized spacial score (nSPS) is 17.3. The molecule has 0 bridgehead atoms. The molecule has 0 saturated heterocycles. The molecule has 0 amide bonds. The van der Waals surface area contributed by atoms with Crippen molar-refractivity contribution in [2.75, 3.05) is 5.01 Å². The third kappa shape index (κ3) is 2.96. The van der Waals surface area contributed by atoms with E-state index in [4.69, 9.17) is 5.10 Å². The monoisotopic (exact) mass is 382 g/mol. The highest BCUT2D eigenvalue weighted by Gasteiger charge is 2.30. The van der Waals surface area contributed by atoms with Crippen molar-refractivity contribution in [1.29, 1.82) is 0 Å². The molecular formula is C19H15BrN2S. The largest absolute Gasteiger partial charge is 0.257 e. The second kappa shape index (κ2) is 6.30. The van der Waals surface area contributed by atoms with Crippen molar-refractivity contribution in [3.8, 4) is 0 Å². The van der Waals surface area contributed by atoms with Crippen LogP contribution in [0.4, 0.5) is 5.69 Å². The molecule has 0 aliphatic carbocycles. The molecule has 0 radical (unpaired) electrons. The van der Waals surface area contributed by atoms with Crippen molar-refractivity contribution in [3.63, 3.8) is 0 Å². The van der Waals surface area contributed by atoms with Gasteiger partial charge < -0.3 is 0 Å². The van der Waals surface area contributed by atoms with E-state index >= 15 is 0 Å². The Bertz CT molecular complexity index is 810. The van der Waals surface area contributed by atoms with Crippen molar-refractivity contribution in [3.05, 3.63) is 87.0 Å². The second-order valence-corrected chi connectivity index (χ2v) is 7.36. The molecule has 23 heavy (non-hydrogen) atoms. The molecule has 4 heteroatoms. The van der Waals surface area contributed by atoms with E-state index in [1.807, 2.05) is 6.07 Å². The first-order valence-corrected chi connectivity index (χ1v) is 9.19. The van der Waals surface area contributed by atoms with Gasteiger partial charge in [-0.3, -0.25) is 5.01 Å². The summed E-state index contributed by atoms with van der Waals surface area (Å²) in [5.74, 6) is 0. The Morgan fingerprint density at radius 2 is 1.74 bits per heavy atom. The van der Waals surface area contributed by atoms with Gasteiger partial charge in [-0.1, -0.05) is 52.3 Å². The second-order valence-electron chi connectivity index (χ2n) is 5.47. The number of halogens is 1. The summed E-state index contributed by atoms with van der Waals surface area (Å²) >= 11 is 5.29. The lowest BCUT2D eigenvalue weighted by atomic mass is 10.0. The molecule has 3 aromatic rings. The van der Waals surface area contributed by atoms with Gasteiger partial charge in [-0.15, -0.1) is 11.3 Å². The van der Waals surface area contributed by atoms with Crippen molar-refractivity contribution >= 4 is 38.7 Å². The van der Waals surface area contributed by atoms with E-state index in [2.05, 4.69) is 87.0 Å². The Morgan fingerprint density at radius 3 is 2.43 bits per heavy atom. The van der Waals surface area contributed by atoms with Gasteiger partial charge in [0, 0.05) is 15.8 Å². The molecule has 1 aromatic heterocycles. The van der Waals surface area contributed by atoms with Gasteiger partial charge in [0.25, 0.3) is 0 Å². The molecule has 2 heterocycles. The average Bonchev–Trinajstić information content (AvgIpc) is 3.26. The minimum absolute atomic E-state index is 0.274. The summed E-state index contributed by atoms with van der Waals surface area (Å²) in [7, 11) is 0. The van der Waals surface area contributed by atoms with E-state index < -0.39 is 0 Å². The number of thiophene rings is 1. The maximum atomic E-state index is 4.94. The van der Waals surface area contributed by atoms with Crippen LogP contribution in [0.5, 0.6) is 0 Å². The minimum atomic E-state index is 0.274. The van der Waals surface area contributed by atoms with Crippen molar-refractivity contribution in [1.82, 2.24) is 0 Å². The van der Waals surface area contributed by atoms with Crippen LogP contribution < -0.4 is 5.01 Å². The molecule has 0 unspecified atom stereocenters. The number of anilines is 1. The molecule has 0 fully saturated rings. The van der Waals surface area contributed by atoms with Crippen LogP contribution in [0.3, 0.4) is 0 Å². The predicted molar refractivity (Wildman–Crippen MR) is 101 cm³/mol. The quantitative estimate of drug-likeness (QED) is 0.553. The van der Waals surface area contributed by atoms with Gasteiger partial charge in [0.05, 0.1) is 17.4 Å². The highest BCUT2D eigenvalue weighted by atomic mass is 79.9. The molecular weight excluding hydrogens is 368 g/mol. The Balaban J connectivity index is 1.73. The lowest BCUT2D eigenvalue weighted by Crippen LogP contribution is -2.17. The standard InChI is InChI=1S/C19H15BrN2S/c20-15-10-8-14(9-11-15)17-13-18(19-7-4-12-23-19)22(21-17)16-5-2-1-3-6-16/h1-12,18H,13H2/t18-/m0/s1. The van der Waals surface area contributed by atoms with Crippen molar-refractivity contribution in [2.24, 2.45) is 5.10 Å². The number of benzene rings is 2. The molecule has 0 spiro atoms. The molecule has 1 aliphatic rings. The van der Waals surface area contributed by atoms with Gasteiger partial charge in [0.2, 0.25) is 0 Å². The number of hydrogen-bond donors (Lipinski definition) is 0. The predicted octanol–water partition coefficient (Wildman–Crippen LogP) is 5.87. The average molecular weight is 383 g/mol. The molecule has 0 saturated carbocycles. The number of rotatable bonds is 3. The number of hydrogen-bond acceptors (Lipinski definition) is 3. The smallest absolute Gasteiger partial charge is 0.0923 e. The van der Waals surface area contributed by atoms with Gasteiger partial charge in [-0.2, -0.15) is 5.10 Å². The van der Waals surface area contributed by atoms with Crippen molar-refractivity contribution in [2.45, 2.75) is 12.5 Å². The van der Waals surface area contributed by atoms with Crippen molar-refractivity contribution < 1.29 is 0 Å². The van der Waals surface area contributed by atoms with E-state index in [0.29, 0.717) is 0 Å². The summed E-state index contributed by atoms with van der Waals surface area (Å²) < 4.78 is 1.09. The maximum Gasteiger partial charge on any atom is 0.0923 e. The zero-order valence-electron chi connectivity index (χ0n) is 12.4. The van der Waals surface area contributed by atoms with E-state index in [9.17, 15) is 0 Å². The van der Waals surface area contributed by atoms with E-state index in [1.165, 1.54) is 10.4 Å². The molecule has 4 rings (SSSR count). The van der Waals surface area contributed by atoms with Crippen LogP contribution in [-0.4, -0.2) is 5.71 Å². The van der Waals surface area contributed by atoms with Crippen LogP contribution in [0.1, 0.15) is 22.9 Å². The van der Waals surface area contributed by atoms with Crippen LogP contribution >= 0.6 is 27.3 Å². The molecule has 1 atom stereocenters. The summed E-state index contributed by atoms with van der Waals surface area (Å²) in [5.41, 5.74) is 3.46. The lowest BCUT2D eigenvalue weighted by Gasteiger charge is -2.22. The SMILES string of the molecule is Brc1ccc(C2=NN(c3ccccc3)[C@H](c3cccs3)C2)cc1. The fourth-order valence-electron chi connectivity index (χ4n) is 2.85. The van der Waals surface area contributed by atoms with Gasteiger partial charge in [-0.05, 0) is 41.3 Å². The first-order valence-electron chi connectivity index (χ1n) is 7.52. The van der Waals surface area contributed by atoms with Crippen LogP contribution in [0.15, 0.2) is 81.7 Å². The zero-order chi connectivity index (χ0) is 15.6. The summed E-state index contributed by atoms with van der Waals surface area (Å²) in [6, 6.07) is 23.4. The van der Waals surface area contributed by atoms with E-state index in [1.54, 1.807) is 11.3 Å². The summed E-state index contributed by atoms with van der Waals surface area (Å²) in [5, 5.41) is 9.23. The fourth-order valence-corrected chi connectivity index (χ4v) is 3.92. The molecule has 2 nitrogen and oxygen atoms in total. The third-order valence-corrected chi connectivity index (χ3v) is 5.48. The topological polar surface area (TPSA) is 15.6 Å². The third-order valence-electron chi connectivity index (χ3n) is 3.98. The molecule has 1 aliphatic heterocycles. The number of hydrazone groups is 1. The highest BCUT2D eigenvalue weighted by Crippen LogP contribution is 2.38. The fraction of sp³-hybridized carbons (Fsp3) is 0.105. The molecule has 0 N–H and O–H groups in total. The minimum Gasteiger partial charge on any atom is -0.257 e. The summed E-state index contributed by atoms with van der Waals surface area (Å²) in [4.78, 5) is 1.35.